The van der Waals surface area contributed by atoms with Gasteiger partial charge in [0.2, 0.25) is 5.91 Å². The number of amides is 1. The maximum Gasteiger partial charge on any atom is 0.230 e. The van der Waals surface area contributed by atoms with E-state index in [1.807, 2.05) is 4.90 Å². The molecule has 1 spiro atoms. The minimum Gasteiger partial charge on any atom is -0.395 e. The van der Waals surface area contributed by atoms with Crippen LogP contribution in [-0.4, -0.2) is 58.7 Å². The topological polar surface area (TPSA) is 69.6 Å². The van der Waals surface area contributed by atoms with Crippen molar-refractivity contribution in [3.8, 4) is 0 Å². The highest BCUT2D eigenvalue weighted by Crippen LogP contribution is 2.42. The number of anilines is 1. The maximum atomic E-state index is 12.9. The Bertz CT molecular complexity index is 775. The van der Waals surface area contributed by atoms with Gasteiger partial charge in [-0.2, -0.15) is 0 Å². The summed E-state index contributed by atoms with van der Waals surface area (Å²) in [5, 5.41) is 10.3. The average Bonchev–Trinajstić information content (AvgIpc) is 3.15. The second-order valence-corrected chi connectivity index (χ2v) is 8.08. The first kappa shape index (κ1) is 15.8. The second-order valence-electron chi connectivity index (χ2n) is 6.84. The monoisotopic (exact) mass is 346 g/mol. The number of aromatic nitrogens is 2. The molecule has 1 amide bonds. The minimum absolute atomic E-state index is 0.0340. The molecule has 2 saturated heterocycles. The van der Waals surface area contributed by atoms with Crippen molar-refractivity contribution in [2.45, 2.75) is 26.2 Å². The third kappa shape index (κ3) is 2.46. The van der Waals surface area contributed by atoms with Gasteiger partial charge in [0, 0.05) is 31.1 Å². The van der Waals surface area contributed by atoms with Gasteiger partial charge in [-0.3, -0.25) is 4.79 Å². The molecule has 4 rings (SSSR count). The van der Waals surface area contributed by atoms with Gasteiger partial charge >= 0.3 is 0 Å². The van der Waals surface area contributed by atoms with Gasteiger partial charge in [-0.05, 0) is 32.3 Å². The molecule has 2 aliphatic rings. The Morgan fingerprint density at radius 3 is 3.04 bits per heavy atom. The summed E-state index contributed by atoms with van der Waals surface area (Å²) in [5.74, 6) is 1.16. The molecular weight excluding hydrogens is 324 g/mol. The Morgan fingerprint density at radius 2 is 2.21 bits per heavy atom. The first-order valence-electron chi connectivity index (χ1n) is 8.49. The summed E-state index contributed by atoms with van der Waals surface area (Å²) in [6.07, 6.45) is 4.43. The highest BCUT2D eigenvalue weighted by atomic mass is 32.1. The Labute approximate surface area is 145 Å². The predicted octanol–water partition coefficient (Wildman–Crippen LogP) is 1.81. The van der Waals surface area contributed by atoms with E-state index < -0.39 is 0 Å². The van der Waals surface area contributed by atoms with E-state index in [9.17, 15) is 9.90 Å². The summed E-state index contributed by atoms with van der Waals surface area (Å²) in [7, 11) is 0. The number of likely N-dealkylation sites (tertiary alicyclic amines) is 1. The van der Waals surface area contributed by atoms with Gasteiger partial charge < -0.3 is 14.9 Å². The molecule has 0 radical (unpaired) electrons. The zero-order valence-electron chi connectivity index (χ0n) is 13.9. The van der Waals surface area contributed by atoms with Crippen LogP contribution in [0.4, 0.5) is 5.82 Å². The van der Waals surface area contributed by atoms with E-state index in [4.69, 9.17) is 0 Å². The smallest absolute Gasteiger partial charge is 0.230 e. The van der Waals surface area contributed by atoms with Crippen molar-refractivity contribution < 1.29 is 9.90 Å². The summed E-state index contributed by atoms with van der Waals surface area (Å²) < 4.78 is 0. The van der Waals surface area contributed by atoms with Gasteiger partial charge in [-0.25, -0.2) is 9.97 Å². The number of carbonyl (C=O) groups is 1. The Hall–Kier alpha value is -1.73. The van der Waals surface area contributed by atoms with Gasteiger partial charge in [0.15, 0.2) is 0 Å². The number of aryl methyl sites for hydroxylation is 1. The fraction of sp³-hybridized carbons (Fsp3) is 0.588. The first-order valence-corrected chi connectivity index (χ1v) is 9.31. The van der Waals surface area contributed by atoms with Crippen LogP contribution in [0.3, 0.4) is 0 Å². The number of nitrogens with zero attached hydrogens (tertiary/aromatic N) is 4. The first-order chi connectivity index (χ1) is 11.6. The predicted molar refractivity (Wildman–Crippen MR) is 94.3 cm³/mol. The van der Waals surface area contributed by atoms with Crippen LogP contribution in [0.5, 0.6) is 0 Å². The van der Waals surface area contributed by atoms with Gasteiger partial charge in [0.25, 0.3) is 0 Å². The van der Waals surface area contributed by atoms with Crippen LogP contribution < -0.4 is 4.90 Å². The zero-order valence-corrected chi connectivity index (χ0v) is 14.7. The number of piperidine rings is 1. The van der Waals surface area contributed by atoms with E-state index in [1.165, 1.54) is 4.88 Å². The fourth-order valence-electron chi connectivity index (χ4n) is 4.13. The van der Waals surface area contributed by atoms with Crippen molar-refractivity contribution in [1.29, 1.82) is 0 Å². The van der Waals surface area contributed by atoms with Gasteiger partial charge in [-0.15, -0.1) is 11.3 Å². The number of hydrogen-bond donors (Lipinski definition) is 1. The molecule has 6 nitrogen and oxygen atoms in total. The molecule has 2 aromatic rings. The number of carbonyl (C=O) groups excluding carboxylic acids is 1. The second kappa shape index (κ2) is 5.97. The summed E-state index contributed by atoms with van der Waals surface area (Å²) in [6.45, 7) is 4.89. The van der Waals surface area contributed by atoms with Crippen LogP contribution in [0.15, 0.2) is 12.4 Å². The maximum absolute atomic E-state index is 12.9. The van der Waals surface area contributed by atoms with Crippen LogP contribution in [0.1, 0.15) is 24.1 Å². The Balaban J connectivity index is 1.62. The van der Waals surface area contributed by atoms with Gasteiger partial charge in [-0.1, -0.05) is 0 Å². The van der Waals surface area contributed by atoms with Crippen LogP contribution in [0.2, 0.25) is 0 Å². The lowest BCUT2D eigenvalue weighted by atomic mass is 9.78. The standard InChI is InChI=1S/C17H22N4O2S/c1-12-9-13-14(18-11-19-15(13)24-12)21-6-4-17(10-21)3-2-5-20(7-8-22)16(17)23/h9,11,22H,2-8,10H2,1H3/t17-/m1/s1. The molecule has 0 saturated carbocycles. The average molecular weight is 346 g/mol. The van der Waals surface area contributed by atoms with Crippen molar-refractivity contribution in [1.82, 2.24) is 14.9 Å². The SMILES string of the molecule is Cc1cc2c(N3CC[C@]4(CCCN(CCO)C4=O)C3)ncnc2s1. The zero-order chi connectivity index (χ0) is 16.7. The molecule has 0 aromatic carbocycles. The van der Waals surface area contributed by atoms with Crippen LogP contribution in [-0.2, 0) is 4.79 Å². The van der Waals surface area contributed by atoms with Crippen LogP contribution in [0.25, 0.3) is 10.2 Å². The lowest BCUT2D eigenvalue weighted by molar-refractivity contribution is -0.145. The van der Waals surface area contributed by atoms with Gasteiger partial charge in [0.1, 0.15) is 17.0 Å². The molecule has 0 unspecified atom stereocenters. The lowest BCUT2D eigenvalue weighted by Gasteiger charge is -2.39. The van der Waals surface area contributed by atoms with Crippen LogP contribution in [0, 0.1) is 12.3 Å². The summed E-state index contributed by atoms with van der Waals surface area (Å²) in [4.78, 5) is 28.1. The molecule has 0 bridgehead atoms. The quantitative estimate of drug-likeness (QED) is 0.918. The molecule has 2 aromatic heterocycles. The van der Waals surface area contributed by atoms with Gasteiger partial charge in [0.05, 0.1) is 17.4 Å². The minimum atomic E-state index is -0.310. The number of fused-ring (bicyclic) bond motifs is 1. The Kier molecular flexibility index (Phi) is 3.92. The molecule has 24 heavy (non-hydrogen) atoms. The lowest BCUT2D eigenvalue weighted by Crippen LogP contribution is -2.50. The van der Waals surface area contributed by atoms with E-state index >= 15 is 0 Å². The number of hydrogen-bond acceptors (Lipinski definition) is 6. The molecule has 2 fully saturated rings. The molecule has 1 atom stereocenters. The highest BCUT2D eigenvalue weighted by Gasteiger charge is 2.48. The summed E-state index contributed by atoms with van der Waals surface area (Å²) in [6, 6.07) is 2.14. The third-order valence-electron chi connectivity index (χ3n) is 5.28. The summed E-state index contributed by atoms with van der Waals surface area (Å²) in [5.41, 5.74) is -0.310. The van der Waals surface area contributed by atoms with Crippen molar-refractivity contribution in [2.75, 3.05) is 37.7 Å². The third-order valence-corrected chi connectivity index (χ3v) is 6.24. The van der Waals surface area contributed by atoms with Crippen molar-refractivity contribution >= 4 is 33.3 Å². The fourth-order valence-corrected chi connectivity index (χ4v) is 4.98. The van der Waals surface area contributed by atoms with E-state index in [0.717, 1.165) is 54.9 Å². The van der Waals surface area contributed by atoms with E-state index in [-0.39, 0.29) is 17.9 Å². The number of aliphatic hydroxyl groups is 1. The number of β-amino-alcohol motifs (C(OH)–C–C–N with tert-alkyl or cyclic N) is 1. The van der Waals surface area contributed by atoms with Crippen molar-refractivity contribution in [2.24, 2.45) is 5.41 Å². The van der Waals surface area contributed by atoms with Crippen molar-refractivity contribution in [3.05, 3.63) is 17.3 Å². The van der Waals surface area contributed by atoms with E-state index in [0.29, 0.717) is 6.54 Å². The molecule has 4 heterocycles. The summed E-state index contributed by atoms with van der Waals surface area (Å²) >= 11 is 1.68. The molecule has 7 heteroatoms. The molecular formula is C17H22N4O2S. The Morgan fingerprint density at radius 1 is 1.33 bits per heavy atom. The van der Waals surface area contributed by atoms with E-state index in [1.54, 1.807) is 17.7 Å². The molecule has 2 aliphatic heterocycles. The van der Waals surface area contributed by atoms with E-state index in [2.05, 4.69) is 27.9 Å². The van der Waals surface area contributed by atoms with Crippen LogP contribution >= 0.6 is 11.3 Å². The molecule has 1 N–H and O–H groups in total. The number of rotatable bonds is 3. The normalized spacial score (nSPS) is 24.5. The largest absolute Gasteiger partial charge is 0.395 e. The molecule has 0 aliphatic carbocycles. The molecule has 128 valence electrons. The number of thiophene rings is 1. The highest BCUT2D eigenvalue weighted by molar-refractivity contribution is 7.18. The van der Waals surface area contributed by atoms with Crippen molar-refractivity contribution in [3.63, 3.8) is 0 Å². The number of aliphatic hydroxyl groups excluding tert-OH is 1.